The molecule has 0 fully saturated rings. The topological polar surface area (TPSA) is 44.8 Å². The molecule has 3 aromatic rings. The van der Waals surface area contributed by atoms with Crippen molar-refractivity contribution in [1.29, 1.82) is 0 Å². The van der Waals surface area contributed by atoms with E-state index in [4.69, 9.17) is 14.2 Å². The lowest BCUT2D eigenvalue weighted by molar-refractivity contribution is 0.103. The van der Waals surface area contributed by atoms with Gasteiger partial charge in [-0.05, 0) is 11.6 Å². The van der Waals surface area contributed by atoms with Gasteiger partial charge >= 0.3 is 0 Å². The molecule has 4 nitrogen and oxygen atoms in total. The quantitative estimate of drug-likeness (QED) is 0.610. The van der Waals surface area contributed by atoms with Crippen molar-refractivity contribution < 1.29 is 19.0 Å². The fourth-order valence-electron chi connectivity index (χ4n) is 2.81. The van der Waals surface area contributed by atoms with Crippen molar-refractivity contribution in [3.63, 3.8) is 0 Å². The first kappa shape index (κ1) is 17.5. The van der Waals surface area contributed by atoms with Crippen molar-refractivity contribution in [2.75, 3.05) is 21.3 Å². The fourth-order valence-corrected chi connectivity index (χ4v) is 2.81. The Bertz CT molecular complexity index is 899. The molecule has 0 saturated heterocycles. The Labute approximate surface area is 153 Å². The molecular weight excluding hydrogens is 328 g/mol. The zero-order chi connectivity index (χ0) is 18.5. The number of benzene rings is 3. The maximum atomic E-state index is 12.5. The minimum Gasteiger partial charge on any atom is -0.496 e. The Morgan fingerprint density at radius 1 is 0.654 bits per heavy atom. The summed E-state index contributed by atoms with van der Waals surface area (Å²) < 4.78 is 16.2. The van der Waals surface area contributed by atoms with Crippen molar-refractivity contribution in [3.05, 3.63) is 77.9 Å². The first-order valence-electron chi connectivity index (χ1n) is 8.18. The molecule has 0 radical (unpaired) electrons. The molecule has 0 aromatic heterocycles. The molecule has 0 aliphatic heterocycles. The Balaban J connectivity index is 1.97. The second-order valence-electron chi connectivity index (χ2n) is 5.68. The molecule has 3 rings (SSSR count). The van der Waals surface area contributed by atoms with E-state index in [0.29, 0.717) is 28.4 Å². The van der Waals surface area contributed by atoms with Crippen molar-refractivity contribution >= 4 is 5.78 Å². The van der Waals surface area contributed by atoms with Crippen LogP contribution in [0.3, 0.4) is 0 Å². The Hall–Kier alpha value is -3.27. The third-order valence-electron chi connectivity index (χ3n) is 4.20. The van der Waals surface area contributed by atoms with Gasteiger partial charge in [0, 0.05) is 22.8 Å². The largest absolute Gasteiger partial charge is 0.496 e. The lowest BCUT2D eigenvalue weighted by atomic mass is 9.98. The summed E-state index contributed by atoms with van der Waals surface area (Å²) in [5, 5.41) is 0. The normalized spacial score (nSPS) is 10.3. The van der Waals surface area contributed by atoms with Gasteiger partial charge in [0.1, 0.15) is 5.75 Å². The van der Waals surface area contributed by atoms with Crippen LogP contribution in [0.1, 0.15) is 15.9 Å². The molecule has 4 heteroatoms. The van der Waals surface area contributed by atoms with Crippen molar-refractivity contribution in [2.24, 2.45) is 0 Å². The summed E-state index contributed by atoms with van der Waals surface area (Å²) in [4.78, 5) is 12.5. The van der Waals surface area contributed by atoms with Crippen LogP contribution in [0.4, 0.5) is 0 Å². The summed E-state index contributed by atoms with van der Waals surface area (Å²) >= 11 is 0. The third kappa shape index (κ3) is 3.40. The molecule has 0 aliphatic rings. The predicted molar refractivity (Wildman–Crippen MR) is 101 cm³/mol. The number of methoxy groups -OCH3 is 3. The molecule has 0 heterocycles. The highest BCUT2D eigenvalue weighted by molar-refractivity contribution is 6.09. The number of ketones is 1. The van der Waals surface area contributed by atoms with Gasteiger partial charge in [0.05, 0.1) is 21.3 Å². The molecule has 0 spiro atoms. The third-order valence-corrected chi connectivity index (χ3v) is 4.20. The maximum Gasteiger partial charge on any atom is 0.193 e. The van der Waals surface area contributed by atoms with Crippen LogP contribution in [0.2, 0.25) is 0 Å². The molecule has 0 atom stereocenters. The summed E-state index contributed by atoms with van der Waals surface area (Å²) in [7, 11) is 4.79. The van der Waals surface area contributed by atoms with Crippen LogP contribution in [0.5, 0.6) is 17.2 Å². The Kier molecular flexibility index (Phi) is 5.23. The molecule has 26 heavy (non-hydrogen) atoms. The fraction of sp³-hybridized carbons (Fsp3) is 0.136. The van der Waals surface area contributed by atoms with E-state index in [-0.39, 0.29) is 5.78 Å². The molecule has 0 bridgehead atoms. The van der Waals surface area contributed by atoms with E-state index in [1.165, 1.54) is 0 Å². The Morgan fingerprint density at radius 2 is 1.19 bits per heavy atom. The lowest BCUT2D eigenvalue weighted by Crippen LogP contribution is -2.00. The molecule has 132 valence electrons. The predicted octanol–water partition coefficient (Wildman–Crippen LogP) is 4.61. The summed E-state index contributed by atoms with van der Waals surface area (Å²) in [6.07, 6.45) is 0. The zero-order valence-corrected chi connectivity index (χ0v) is 15.0. The van der Waals surface area contributed by atoms with Crippen molar-refractivity contribution in [2.45, 2.75) is 0 Å². The molecule has 0 saturated carbocycles. The second-order valence-corrected chi connectivity index (χ2v) is 5.68. The molecule has 0 unspecified atom stereocenters. The van der Waals surface area contributed by atoms with Gasteiger partial charge < -0.3 is 14.2 Å². The van der Waals surface area contributed by atoms with Gasteiger partial charge in [-0.15, -0.1) is 0 Å². The first-order chi connectivity index (χ1) is 12.7. The SMILES string of the molecule is COc1cc(OC)c(-c2ccc(C(=O)c3ccccc3)cc2)cc1OC. The van der Waals surface area contributed by atoms with Gasteiger partial charge in [-0.1, -0.05) is 54.6 Å². The van der Waals surface area contributed by atoms with E-state index in [1.807, 2.05) is 60.7 Å². The number of carbonyl (C=O) groups excluding carboxylic acids is 1. The smallest absolute Gasteiger partial charge is 0.193 e. The first-order valence-corrected chi connectivity index (χ1v) is 8.18. The van der Waals surface area contributed by atoms with Crippen LogP contribution in [-0.4, -0.2) is 27.1 Å². The summed E-state index contributed by atoms with van der Waals surface area (Å²) in [5.74, 6) is 1.89. The van der Waals surface area contributed by atoms with Crippen LogP contribution in [0.25, 0.3) is 11.1 Å². The van der Waals surface area contributed by atoms with E-state index in [2.05, 4.69) is 0 Å². The second kappa shape index (κ2) is 7.74. The van der Waals surface area contributed by atoms with Gasteiger partial charge in [0.2, 0.25) is 0 Å². The monoisotopic (exact) mass is 348 g/mol. The van der Waals surface area contributed by atoms with Gasteiger partial charge in [-0.2, -0.15) is 0 Å². The number of hydrogen-bond acceptors (Lipinski definition) is 4. The van der Waals surface area contributed by atoms with Gasteiger partial charge in [0.15, 0.2) is 17.3 Å². The zero-order valence-electron chi connectivity index (χ0n) is 15.0. The minimum absolute atomic E-state index is 0.00331. The highest BCUT2D eigenvalue weighted by atomic mass is 16.5. The van der Waals surface area contributed by atoms with E-state index in [1.54, 1.807) is 27.4 Å². The van der Waals surface area contributed by atoms with Crippen LogP contribution in [-0.2, 0) is 0 Å². The molecule has 0 aliphatic carbocycles. The summed E-state index contributed by atoms with van der Waals surface area (Å²) in [6.45, 7) is 0. The molecular formula is C22H20O4. The van der Waals surface area contributed by atoms with Crippen LogP contribution in [0.15, 0.2) is 66.7 Å². The highest BCUT2D eigenvalue weighted by Gasteiger charge is 2.14. The molecule has 3 aromatic carbocycles. The van der Waals surface area contributed by atoms with E-state index < -0.39 is 0 Å². The van der Waals surface area contributed by atoms with E-state index in [0.717, 1.165) is 11.1 Å². The average Bonchev–Trinajstić information content (AvgIpc) is 2.72. The van der Waals surface area contributed by atoms with Crippen molar-refractivity contribution in [3.8, 4) is 28.4 Å². The van der Waals surface area contributed by atoms with Crippen LogP contribution >= 0.6 is 0 Å². The van der Waals surface area contributed by atoms with Crippen LogP contribution < -0.4 is 14.2 Å². The number of hydrogen-bond donors (Lipinski definition) is 0. The summed E-state index contributed by atoms with van der Waals surface area (Å²) in [5.41, 5.74) is 3.10. The van der Waals surface area contributed by atoms with E-state index in [9.17, 15) is 4.79 Å². The molecule has 0 N–H and O–H groups in total. The van der Waals surface area contributed by atoms with Gasteiger partial charge in [-0.25, -0.2) is 0 Å². The number of ether oxygens (including phenoxy) is 3. The van der Waals surface area contributed by atoms with Crippen LogP contribution in [0, 0.1) is 0 Å². The van der Waals surface area contributed by atoms with Crippen molar-refractivity contribution in [1.82, 2.24) is 0 Å². The maximum absolute atomic E-state index is 12.5. The summed E-state index contributed by atoms with van der Waals surface area (Å²) in [6, 6.07) is 20.3. The lowest BCUT2D eigenvalue weighted by Gasteiger charge is -2.14. The number of carbonyl (C=O) groups is 1. The minimum atomic E-state index is -0.00331. The molecule has 0 amide bonds. The average molecular weight is 348 g/mol. The number of rotatable bonds is 6. The highest BCUT2D eigenvalue weighted by Crippen LogP contribution is 2.40. The Morgan fingerprint density at radius 3 is 1.77 bits per heavy atom. The van der Waals surface area contributed by atoms with Gasteiger partial charge in [-0.3, -0.25) is 4.79 Å². The van der Waals surface area contributed by atoms with Gasteiger partial charge in [0.25, 0.3) is 0 Å². The standard InChI is InChI=1S/C22H20O4/c1-24-19-14-21(26-3)20(25-2)13-18(19)15-9-11-17(12-10-15)22(23)16-7-5-4-6-8-16/h4-14H,1-3H3. The van der Waals surface area contributed by atoms with E-state index >= 15 is 0 Å².